The molecule has 0 saturated carbocycles. The van der Waals surface area contributed by atoms with Crippen molar-refractivity contribution in [2.45, 2.75) is 19.3 Å². The largest absolute Gasteiger partial charge is 0.334 e. The van der Waals surface area contributed by atoms with Gasteiger partial charge in [-0.2, -0.15) is 0 Å². The molecule has 0 bridgehead atoms. The average Bonchev–Trinajstić information content (AvgIpc) is 2.51. The van der Waals surface area contributed by atoms with Gasteiger partial charge < -0.3 is 9.80 Å². The molecule has 2 aliphatic heterocycles. The first-order valence-corrected chi connectivity index (χ1v) is 4.87. The van der Waals surface area contributed by atoms with Gasteiger partial charge in [-0.3, -0.25) is 9.59 Å². The first-order chi connectivity index (χ1) is 6.29. The van der Waals surface area contributed by atoms with Gasteiger partial charge in [0, 0.05) is 26.2 Å². The Hall–Kier alpha value is -1.06. The fourth-order valence-corrected chi connectivity index (χ4v) is 1.71. The standard InChI is InChI=1S/C9H14N2O2/c12-8(10-4-1-2-5-10)9(13)11-6-3-7-11/h1-7H2. The Balaban J connectivity index is 1.91. The molecule has 2 saturated heterocycles. The van der Waals surface area contributed by atoms with E-state index in [1.807, 2.05) is 0 Å². The van der Waals surface area contributed by atoms with Crippen molar-refractivity contribution in [3.05, 3.63) is 0 Å². The van der Waals surface area contributed by atoms with E-state index in [-0.39, 0.29) is 11.8 Å². The molecule has 0 radical (unpaired) electrons. The van der Waals surface area contributed by atoms with E-state index in [9.17, 15) is 9.59 Å². The lowest BCUT2D eigenvalue weighted by molar-refractivity contribution is -0.153. The van der Waals surface area contributed by atoms with Crippen LogP contribution in [-0.4, -0.2) is 47.8 Å². The number of rotatable bonds is 0. The minimum Gasteiger partial charge on any atom is -0.334 e. The fraction of sp³-hybridized carbons (Fsp3) is 0.778. The van der Waals surface area contributed by atoms with Crippen molar-refractivity contribution in [2.24, 2.45) is 0 Å². The number of amides is 2. The highest BCUT2D eigenvalue weighted by molar-refractivity contribution is 6.35. The third-order valence-corrected chi connectivity index (χ3v) is 2.72. The van der Waals surface area contributed by atoms with Crippen molar-refractivity contribution in [2.75, 3.05) is 26.2 Å². The summed E-state index contributed by atoms with van der Waals surface area (Å²) in [5.41, 5.74) is 0. The van der Waals surface area contributed by atoms with Gasteiger partial charge in [0.25, 0.3) is 0 Å². The summed E-state index contributed by atoms with van der Waals surface area (Å²) >= 11 is 0. The van der Waals surface area contributed by atoms with Gasteiger partial charge in [0.1, 0.15) is 0 Å². The molecule has 2 rings (SSSR count). The minimum absolute atomic E-state index is 0.294. The van der Waals surface area contributed by atoms with Gasteiger partial charge in [-0.1, -0.05) is 0 Å². The van der Waals surface area contributed by atoms with Gasteiger partial charge in [-0.15, -0.1) is 0 Å². The predicted octanol–water partition coefficient (Wildman–Crippen LogP) is -0.159. The molecule has 72 valence electrons. The van der Waals surface area contributed by atoms with Crippen LogP contribution >= 0.6 is 0 Å². The predicted molar refractivity (Wildman–Crippen MR) is 47.0 cm³/mol. The zero-order valence-electron chi connectivity index (χ0n) is 7.66. The van der Waals surface area contributed by atoms with Crippen molar-refractivity contribution < 1.29 is 9.59 Å². The molecule has 0 aromatic rings. The SMILES string of the molecule is O=C(C(=O)N1CCC1)N1CCCC1. The highest BCUT2D eigenvalue weighted by atomic mass is 16.2. The van der Waals surface area contributed by atoms with E-state index in [4.69, 9.17) is 0 Å². The molecule has 0 aromatic carbocycles. The van der Waals surface area contributed by atoms with Crippen LogP contribution in [0.5, 0.6) is 0 Å². The van der Waals surface area contributed by atoms with Gasteiger partial charge in [0.15, 0.2) is 0 Å². The van der Waals surface area contributed by atoms with Crippen LogP contribution in [-0.2, 0) is 9.59 Å². The van der Waals surface area contributed by atoms with Crippen LogP contribution < -0.4 is 0 Å². The molecule has 4 nitrogen and oxygen atoms in total. The first-order valence-electron chi connectivity index (χ1n) is 4.87. The molecule has 0 atom stereocenters. The van der Waals surface area contributed by atoms with Crippen LogP contribution in [0.1, 0.15) is 19.3 Å². The van der Waals surface area contributed by atoms with Crippen LogP contribution in [0.25, 0.3) is 0 Å². The van der Waals surface area contributed by atoms with E-state index in [2.05, 4.69) is 0 Å². The molecule has 2 amide bonds. The van der Waals surface area contributed by atoms with E-state index in [1.54, 1.807) is 9.80 Å². The van der Waals surface area contributed by atoms with Crippen LogP contribution in [0.15, 0.2) is 0 Å². The zero-order chi connectivity index (χ0) is 9.26. The second-order valence-corrected chi connectivity index (χ2v) is 3.65. The minimum atomic E-state index is -0.298. The third-order valence-electron chi connectivity index (χ3n) is 2.72. The molecule has 0 N–H and O–H groups in total. The van der Waals surface area contributed by atoms with Gasteiger partial charge in [0.05, 0.1) is 0 Å². The Morgan fingerprint density at radius 3 is 1.38 bits per heavy atom. The molecule has 2 fully saturated rings. The topological polar surface area (TPSA) is 40.6 Å². The average molecular weight is 182 g/mol. The summed E-state index contributed by atoms with van der Waals surface area (Å²) in [7, 11) is 0. The van der Waals surface area contributed by atoms with Gasteiger partial charge >= 0.3 is 11.8 Å². The lowest BCUT2D eigenvalue weighted by Crippen LogP contribution is -2.49. The summed E-state index contributed by atoms with van der Waals surface area (Å²) in [6.45, 7) is 3.05. The smallest absolute Gasteiger partial charge is 0.312 e. The van der Waals surface area contributed by atoms with Crippen molar-refractivity contribution in [3.63, 3.8) is 0 Å². The van der Waals surface area contributed by atoms with Crippen LogP contribution in [0, 0.1) is 0 Å². The van der Waals surface area contributed by atoms with Crippen molar-refractivity contribution >= 4 is 11.8 Å². The molecule has 0 spiro atoms. The molecular formula is C9H14N2O2. The van der Waals surface area contributed by atoms with Crippen molar-refractivity contribution in [1.29, 1.82) is 0 Å². The highest BCUT2D eigenvalue weighted by Gasteiger charge is 2.31. The van der Waals surface area contributed by atoms with Crippen molar-refractivity contribution in [3.8, 4) is 0 Å². The van der Waals surface area contributed by atoms with Crippen LogP contribution in [0.4, 0.5) is 0 Å². The normalized spacial score (nSPS) is 21.5. The van der Waals surface area contributed by atoms with Crippen LogP contribution in [0.3, 0.4) is 0 Å². The Morgan fingerprint density at radius 2 is 1.08 bits per heavy atom. The monoisotopic (exact) mass is 182 g/mol. The molecule has 4 heteroatoms. The summed E-state index contributed by atoms with van der Waals surface area (Å²) in [6.07, 6.45) is 3.12. The van der Waals surface area contributed by atoms with E-state index >= 15 is 0 Å². The Labute approximate surface area is 77.5 Å². The summed E-state index contributed by atoms with van der Waals surface area (Å²) in [4.78, 5) is 26.3. The van der Waals surface area contributed by atoms with Crippen molar-refractivity contribution in [1.82, 2.24) is 9.80 Å². The molecule has 0 aliphatic carbocycles. The summed E-state index contributed by atoms with van der Waals surface area (Å²) in [5, 5.41) is 0. The lowest BCUT2D eigenvalue weighted by atomic mass is 10.2. The van der Waals surface area contributed by atoms with Gasteiger partial charge in [-0.25, -0.2) is 0 Å². The number of hydrogen-bond donors (Lipinski definition) is 0. The molecular weight excluding hydrogens is 168 g/mol. The highest BCUT2D eigenvalue weighted by Crippen LogP contribution is 2.11. The second-order valence-electron chi connectivity index (χ2n) is 3.65. The fourth-order valence-electron chi connectivity index (χ4n) is 1.71. The molecule has 0 unspecified atom stereocenters. The number of hydrogen-bond acceptors (Lipinski definition) is 2. The maximum Gasteiger partial charge on any atom is 0.312 e. The molecule has 13 heavy (non-hydrogen) atoms. The number of carbonyl (C=O) groups excluding carboxylic acids is 2. The number of carbonyl (C=O) groups is 2. The van der Waals surface area contributed by atoms with Gasteiger partial charge in [0.2, 0.25) is 0 Å². The Kier molecular flexibility index (Phi) is 2.20. The summed E-state index contributed by atoms with van der Waals surface area (Å²) < 4.78 is 0. The first kappa shape index (κ1) is 8.53. The zero-order valence-corrected chi connectivity index (χ0v) is 7.66. The molecule has 0 aromatic heterocycles. The van der Waals surface area contributed by atoms with E-state index in [1.165, 1.54) is 0 Å². The van der Waals surface area contributed by atoms with Gasteiger partial charge in [-0.05, 0) is 19.3 Å². The molecule has 2 aliphatic rings. The Morgan fingerprint density at radius 1 is 0.692 bits per heavy atom. The second kappa shape index (κ2) is 3.36. The lowest BCUT2D eigenvalue weighted by Gasteiger charge is -2.31. The summed E-state index contributed by atoms with van der Waals surface area (Å²) in [6, 6.07) is 0. The molecule has 2 heterocycles. The maximum absolute atomic E-state index is 11.5. The maximum atomic E-state index is 11.5. The van der Waals surface area contributed by atoms with E-state index < -0.39 is 0 Å². The van der Waals surface area contributed by atoms with Crippen LogP contribution in [0.2, 0.25) is 0 Å². The number of nitrogens with zero attached hydrogens (tertiary/aromatic N) is 2. The quantitative estimate of drug-likeness (QED) is 0.488. The Bertz CT molecular complexity index is 230. The van der Waals surface area contributed by atoms with E-state index in [0.29, 0.717) is 0 Å². The number of likely N-dealkylation sites (tertiary alicyclic amines) is 2. The summed E-state index contributed by atoms with van der Waals surface area (Å²) in [5.74, 6) is -0.592. The van der Waals surface area contributed by atoms with E-state index in [0.717, 1.165) is 45.4 Å². The third kappa shape index (κ3) is 1.53.